The van der Waals surface area contributed by atoms with Crippen LogP contribution in [0.1, 0.15) is 22.3 Å². The Balaban J connectivity index is 1.87. The molecule has 0 aromatic heterocycles. The van der Waals surface area contributed by atoms with E-state index in [1.54, 1.807) is 48.5 Å². The van der Waals surface area contributed by atoms with Crippen LogP contribution in [0.4, 0.5) is 4.39 Å². The van der Waals surface area contributed by atoms with Gasteiger partial charge in [-0.1, -0.05) is 48.5 Å². The first-order valence-corrected chi connectivity index (χ1v) is 6.25. The summed E-state index contributed by atoms with van der Waals surface area (Å²) in [7, 11) is 0. The fourth-order valence-corrected chi connectivity index (χ4v) is 1.77. The van der Waals surface area contributed by atoms with E-state index in [9.17, 15) is 14.0 Å². The fraction of sp³-hybridized carbons (Fsp3) is 0.125. The predicted octanol–water partition coefficient (Wildman–Crippen LogP) is 2.71. The molecule has 0 atom stereocenters. The lowest BCUT2D eigenvalue weighted by molar-refractivity contribution is -0.120. The Morgan fingerprint density at radius 1 is 0.950 bits per heavy atom. The molecule has 0 radical (unpaired) electrons. The third-order valence-electron chi connectivity index (χ3n) is 2.85. The Morgan fingerprint density at radius 2 is 1.60 bits per heavy atom. The standard InChI is InChI=1S/C16H14FNO2/c17-14-9-5-4-8-13(14)11-18-16(20)10-15(19)12-6-2-1-3-7-12/h1-9H,10-11H2,(H,18,20). The van der Waals surface area contributed by atoms with Gasteiger partial charge >= 0.3 is 0 Å². The molecule has 0 aliphatic carbocycles. The average molecular weight is 271 g/mol. The van der Waals surface area contributed by atoms with Crippen molar-refractivity contribution in [3.05, 3.63) is 71.5 Å². The second kappa shape index (κ2) is 6.61. The van der Waals surface area contributed by atoms with Gasteiger partial charge in [0.15, 0.2) is 5.78 Å². The molecule has 0 spiro atoms. The highest BCUT2D eigenvalue weighted by atomic mass is 19.1. The predicted molar refractivity (Wildman–Crippen MR) is 73.6 cm³/mol. The summed E-state index contributed by atoms with van der Waals surface area (Å²) in [4.78, 5) is 23.5. The van der Waals surface area contributed by atoms with E-state index in [0.717, 1.165) is 0 Å². The monoisotopic (exact) mass is 271 g/mol. The van der Waals surface area contributed by atoms with Gasteiger partial charge in [0.1, 0.15) is 5.82 Å². The number of halogens is 1. The maximum absolute atomic E-state index is 13.3. The fourth-order valence-electron chi connectivity index (χ4n) is 1.77. The van der Waals surface area contributed by atoms with Gasteiger partial charge in [0, 0.05) is 17.7 Å². The molecule has 20 heavy (non-hydrogen) atoms. The number of carbonyl (C=O) groups is 2. The van der Waals surface area contributed by atoms with E-state index in [1.165, 1.54) is 6.07 Å². The molecule has 0 bridgehead atoms. The van der Waals surface area contributed by atoms with Gasteiger partial charge in [-0.25, -0.2) is 4.39 Å². The molecule has 1 amide bonds. The Bertz CT molecular complexity index is 611. The molecule has 0 saturated heterocycles. The van der Waals surface area contributed by atoms with Gasteiger partial charge in [-0.3, -0.25) is 9.59 Å². The van der Waals surface area contributed by atoms with Crippen LogP contribution in [-0.2, 0) is 11.3 Å². The second-order valence-corrected chi connectivity index (χ2v) is 4.33. The molecule has 0 heterocycles. The minimum atomic E-state index is -0.415. The molecule has 4 heteroatoms. The lowest BCUT2D eigenvalue weighted by Gasteiger charge is -2.06. The van der Waals surface area contributed by atoms with E-state index in [0.29, 0.717) is 11.1 Å². The number of amides is 1. The third kappa shape index (κ3) is 3.75. The zero-order valence-electron chi connectivity index (χ0n) is 10.8. The summed E-state index contributed by atoms with van der Waals surface area (Å²) in [6.45, 7) is 0.0770. The van der Waals surface area contributed by atoms with Crippen molar-refractivity contribution in [1.29, 1.82) is 0 Å². The normalized spacial score (nSPS) is 10.1. The summed E-state index contributed by atoms with van der Waals surface area (Å²) < 4.78 is 13.3. The number of hydrogen-bond acceptors (Lipinski definition) is 2. The molecule has 2 aromatic carbocycles. The molecule has 1 N–H and O–H groups in total. The molecule has 102 valence electrons. The van der Waals surface area contributed by atoms with Gasteiger partial charge < -0.3 is 5.32 Å². The lowest BCUT2D eigenvalue weighted by Crippen LogP contribution is -2.25. The highest BCUT2D eigenvalue weighted by molar-refractivity contribution is 6.07. The topological polar surface area (TPSA) is 46.2 Å². The summed E-state index contributed by atoms with van der Waals surface area (Å²) in [6, 6.07) is 14.8. The SMILES string of the molecule is O=C(CC(=O)c1ccccc1)NCc1ccccc1F. The van der Waals surface area contributed by atoms with Gasteiger partial charge in [-0.2, -0.15) is 0 Å². The Labute approximate surface area is 116 Å². The van der Waals surface area contributed by atoms with Crippen LogP contribution in [-0.4, -0.2) is 11.7 Å². The quantitative estimate of drug-likeness (QED) is 0.671. The molecule has 0 saturated carbocycles. The highest BCUT2D eigenvalue weighted by Crippen LogP contribution is 2.06. The number of carbonyl (C=O) groups excluding carboxylic acids is 2. The Hall–Kier alpha value is -2.49. The van der Waals surface area contributed by atoms with Crippen LogP contribution in [0.5, 0.6) is 0 Å². The molecule has 0 unspecified atom stereocenters. The summed E-state index contributed by atoms with van der Waals surface area (Å²) in [5.41, 5.74) is 0.890. The summed E-state index contributed by atoms with van der Waals surface area (Å²) in [5, 5.41) is 2.54. The summed E-state index contributed by atoms with van der Waals surface area (Å²) in [5.74, 6) is -1.04. The van der Waals surface area contributed by atoms with Crippen LogP contribution in [0.2, 0.25) is 0 Å². The molecule has 2 aromatic rings. The first kappa shape index (κ1) is 13.9. The lowest BCUT2D eigenvalue weighted by atomic mass is 10.1. The number of ketones is 1. The largest absolute Gasteiger partial charge is 0.352 e. The van der Waals surface area contributed by atoms with Crippen molar-refractivity contribution < 1.29 is 14.0 Å². The highest BCUT2D eigenvalue weighted by Gasteiger charge is 2.11. The number of hydrogen-bond donors (Lipinski definition) is 1. The third-order valence-corrected chi connectivity index (χ3v) is 2.85. The molecular formula is C16H14FNO2. The summed E-state index contributed by atoms with van der Waals surface area (Å²) in [6.07, 6.45) is -0.238. The summed E-state index contributed by atoms with van der Waals surface area (Å²) >= 11 is 0. The van der Waals surface area contributed by atoms with E-state index in [-0.39, 0.29) is 24.6 Å². The molecule has 2 rings (SSSR count). The van der Waals surface area contributed by atoms with Crippen LogP contribution in [0.15, 0.2) is 54.6 Å². The molecule has 0 fully saturated rings. The van der Waals surface area contributed by atoms with Crippen molar-refractivity contribution in [2.24, 2.45) is 0 Å². The van der Waals surface area contributed by atoms with Crippen molar-refractivity contribution >= 4 is 11.7 Å². The van der Waals surface area contributed by atoms with E-state index < -0.39 is 5.91 Å². The van der Waals surface area contributed by atoms with Crippen molar-refractivity contribution in [1.82, 2.24) is 5.32 Å². The zero-order valence-corrected chi connectivity index (χ0v) is 10.8. The van der Waals surface area contributed by atoms with Gasteiger partial charge in [0.25, 0.3) is 0 Å². The minimum absolute atomic E-state index is 0.0770. The number of Topliss-reactive ketones (excluding diaryl/α,β-unsaturated/α-hetero) is 1. The maximum atomic E-state index is 13.3. The van der Waals surface area contributed by atoms with Gasteiger partial charge in [-0.05, 0) is 6.07 Å². The van der Waals surface area contributed by atoms with Crippen molar-refractivity contribution in [2.45, 2.75) is 13.0 Å². The van der Waals surface area contributed by atoms with Crippen LogP contribution in [0.25, 0.3) is 0 Å². The molecule has 0 aliphatic heterocycles. The van der Waals surface area contributed by atoms with E-state index in [2.05, 4.69) is 5.32 Å². The van der Waals surface area contributed by atoms with Crippen molar-refractivity contribution in [3.63, 3.8) is 0 Å². The second-order valence-electron chi connectivity index (χ2n) is 4.33. The van der Waals surface area contributed by atoms with Crippen LogP contribution < -0.4 is 5.32 Å². The van der Waals surface area contributed by atoms with Crippen molar-refractivity contribution in [2.75, 3.05) is 0 Å². The van der Waals surface area contributed by atoms with Crippen LogP contribution in [0, 0.1) is 5.82 Å². The molecule has 3 nitrogen and oxygen atoms in total. The number of benzene rings is 2. The molecular weight excluding hydrogens is 257 g/mol. The maximum Gasteiger partial charge on any atom is 0.228 e. The van der Waals surface area contributed by atoms with E-state index in [4.69, 9.17) is 0 Å². The first-order chi connectivity index (χ1) is 9.66. The van der Waals surface area contributed by atoms with E-state index in [1.807, 2.05) is 0 Å². The van der Waals surface area contributed by atoms with Crippen molar-refractivity contribution in [3.8, 4) is 0 Å². The minimum Gasteiger partial charge on any atom is -0.352 e. The van der Waals surface area contributed by atoms with E-state index >= 15 is 0 Å². The number of rotatable bonds is 5. The Kier molecular flexibility index (Phi) is 4.60. The van der Waals surface area contributed by atoms with Gasteiger partial charge in [0.2, 0.25) is 5.91 Å². The van der Waals surface area contributed by atoms with Gasteiger partial charge in [-0.15, -0.1) is 0 Å². The Morgan fingerprint density at radius 3 is 2.30 bits per heavy atom. The average Bonchev–Trinajstić information content (AvgIpc) is 2.47. The molecule has 0 aliphatic rings. The smallest absolute Gasteiger partial charge is 0.228 e. The van der Waals surface area contributed by atoms with Crippen LogP contribution >= 0.6 is 0 Å². The number of nitrogens with one attached hydrogen (secondary N) is 1. The zero-order chi connectivity index (χ0) is 14.4. The van der Waals surface area contributed by atoms with Gasteiger partial charge in [0.05, 0.1) is 6.42 Å². The first-order valence-electron chi connectivity index (χ1n) is 6.25. The van der Waals surface area contributed by atoms with Crippen LogP contribution in [0.3, 0.4) is 0 Å².